The van der Waals surface area contributed by atoms with Crippen LogP contribution in [0.25, 0.3) is 0 Å². The first-order chi connectivity index (χ1) is 7.10. The Morgan fingerprint density at radius 2 is 2.33 bits per heavy atom. The van der Waals surface area contributed by atoms with E-state index in [0.29, 0.717) is 5.56 Å². The van der Waals surface area contributed by atoms with Crippen LogP contribution < -0.4 is 16.4 Å². The fourth-order valence-electron chi connectivity index (χ4n) is 1.59. The van der Waals surface area contributed by atoms with Crippen LogP contribution in [0.1, 0.15) is 11.3 Å². The van der Waals surface area contributed by atoms with E-state index in [4.69, 9.17) is 10.3 Å². The van der Waals surface area contributed by atoms with Gasteiger partial charge in [0.2, 0.25) is 0 Å². The predicted octanol–water partition coefficient (Wildman–Crippen LogP) is -1.02. The molecule has 1 atom stereocenters. The van der Waals surface area contributed by atoms with Gasteiger partial charge >= 0.3 is 6.03 Å². The van der Waals surface area contributed by atoms with Gasteiger partial charge in [0.05, 0.1) is 6.20 Å². The summed E-state index contributed by atoms with van der Waals surface area (Å²) in [6, 6.07) is -0.582. The molecule has 0 unspecified atom stereocenters. The molecule has 1 aromatic rings. The third-order valence-electron chi connectivity index (χ3n) is 2.38. The molecule has 0 bridgehead atoms. The van der Waals surface area contributed by atoms with E-state index >= 15 is 0 Å². The number of nitrogens with one attached hydrogen (secondary N) is 2. The summed E-state index contributed by atoms with van der Waals surface area (Å²) in [6.07, 6.45) is 1.46. The third kappa shape index (κ3) is 1.20. The van der Waals surface area contributed by atoms with Crippen molar-refractivity contribution in [3.8, 4) is 0 Å². The van der Waals surface area contributed by atoms with E-state index in [1.807, 2.05) is 0 Å². The topological polar surface area (TPSA) is 110 Å². The molecule has 80 valence electrons. The second-order valence-electron chi connectivity index (χ2n) is 3.36. The number of hydrogen-bond donors (Lipinski definition) is 3. The number of hydrogen-bond acceptors (Lipinski definition) is 5. The highest BCUT2D eigenvalue weighted by atomic mass is 16.5. The van der Waals surface area contributed by atoms with Crippen LogP contribution in [0, 0.1) is 6.92 Å². The molecule has 4 N–H and O–H groups in total. The normalized spacial score (nSPS) is 25.2. The average Bonchev–Trinajstić information content (AvgIpc) is 2.71. The van der Waals surface area contributed by atoms with Crippen molar-refractivity contribution >= 4 is 11.9 Å². The number of amides is 3. The standard InChI is InChI=1S/C8H10N4O3/c1-4-2-10-15-5(4)8(3-9)6(13)11-7(14)12-8/h2H,3,9H2,1H3,(H2,11,12,13,14)/t8-/m1/s1. The van der Waals surface area contributed by atoms with E-state index in [9.17, 15) is 9.59 Å². The van der Waals surface area contributed by atoms with Crippen LogP contribution in [0.4, 0.5) is 4.79 Å². The van der Waals surface area contributed by atoms with Crippen LogP contribution in [-0.2, 0) is 10.3 Å². The first kappa shape index (κ1) is 9.66. The summed E-state index contributed by atoms with van der Waals surface area (Å²) < 4.78 is 4.96. The molecule has 1 fully saturated rings. The Hall–Kier alpha value is -1.89. The third-order valence-corrected chi connectivity index (χ3v) is 2.38. The Morgan fingerprint density at radius 3 is 2.73 bits per heavy atom. The smallest absolute Gasteiger partial charge is 0.322 e. The van der Waals surface area contributed by atoms with Gasteiger partial charge in [-0.25, -0.2) is 4.79 Å². The van der Waals surface area contributed by atoms with Crippen LogP contribution >= 0.6 is 0 Å². The fourth-order valence-corrected chi connectivity index (χ4v) is 1.59. The van der Waals surface area contributed by atoms with Crippen molar-refractivity contribution in [2.75, 3.05) is 6.54 Å². The minimum Gasteiger partial charge on any atom is -0.358 e. The van der Waals surface area contributed by atoms with Crippen LogP contribution in [0.5, 0.6) is 0 Å². The van der Waals surface area contributed by atoms with Gasteiger partial charge in [-0.05, 0) is 6.92 Å². The quantitative estimate of drug-likeness (QED) is 0.541. The van der Waals surface area contributed by atoms with Gasteiger partial charge in [0, 0.05) is 12.1 Å². The Labute approximate surface area is 85.0 Å². The molecule has 15 heavy (non-hydrogen) atoms. The van der Waals surface area contributed by atoms with E-state index in [1.165, 1.54) is 6.20 Å². The number of nitrogens with zero attached hydrogens (tertiary/aromatic N) is 1. The summed E-state index contributed by atoms with van der Waals surface area (Å²) >= 11 is 0. The largest absolute Gasteiger partial charge is 0.358 e. The number of carbonyl (C=O) groups is 2. The molecule has 0 aliphatic carbocycles. The Kier molecular flexibility index (Phi) is 1.97. The molecule has 0 saturated carbocycles. The van der Waals surface area contributed by atoms with Crippen molar-refractivity contribution in [2.45, 2.75) is 12.5 Å². The van der Waals surface area contributed by atoms with E-state index in [1.54, 1.807) is 6.92 Å². The molecule has 0 aromatic carbocycles. The molecule has 1 aliphatic rings. The number of aryl methyl sites for hydroxylation is 1. The zero-order chi connectivity index (χ0) is 11.1. The number of rotatable bonds is 2. The van der Waals surface area contributed by atoms with Gasteiger partial charge in [0.1, 0.15) is 0 Å². The molecule has 2 heterocycles. The molecule has 2 rings (SSSR count). The summed E-state index contributed by atoms with van der Waals surface area (Å²) in [5.74, 6) is -0.247. The second-order valence-corrected chi connectivity index (χ2v) is 3.36. The van der Waals surface area contributed by atoms with E-state index in [-0.39, 0.29) is 12.3 Å². The predicted molar refractivity (Wildman–Crippen MR) is 48.6 cm³/mol. The van der Waals surface area contributed by atoms with Gasteiger partial charge < -0.3 is 15.6 Å². The highest BCUT2D eigenvalue weighted by Gasteiger charge is 2.50. The van der Waals surface area contributed by atoms with Crippen molar-refractivity contribution in [1.29, 1.82) is 0 Å². The van der Waals surface area contributed by atoms with Crippen LogP contribution in [-0.4, -0.2) is 23.6 Å². The van der Waals surface area contributed by atoms with Crippen LogP contribution in [0.15, 0.2) is 10.7 Å². The van der Waals surface area contributed by atoms with E-state index in [0.717, 1.165) is 0 Å². The summed E-state index contributed by atoms with van der Waals surface area (Å²) in [7, 11) is 0. The average molecular weight is 210 g/mol. The van der Waals surface area contributed by atoms with Crippen molar-refractivity contribution in [3.63, 3.8) is 0 Å². The van der Waals surface area contributed by atoms with Crippen molar-refractivity contribution in [2.24, 2.45) is 5.73 Å². The molecule has 1 aliphatic heterocycles. The molecular weight excluding hydrogens is 200 g/mol. The van der Waals surface area contributed by atoms with Gasteiger partial charge in [-0.15, -0.1) is 0 Å². The second kappa shape index (κ2) is 3.06. The minimum atomic E-state index is -1.32. The number of imide groups is 1. The van der Waals surface area contributed by atoms with Gasteiger partial charge in [0.25, 0.3) is 5.91 Å². The van der Waals surface area contributed by atoms with E-state index < -0.39 is 17.5 Å². The Balaban J connectivity index is 2.51. The summed E-state index contributed by atoms with van der Waals surface area (Å²) in [5.41, 5.74) is 4.86. The fraction of sp³-hybridized carbons (Fsp3) is 0.375. The van der Waals surface area contributed by atoms with E-state index in [2.05, 4.69) is 15.8 Å². The van der Waals surface area contributed by atoms with Crippen LogP contribution in [0.2, 0.25) is 0 Å². The van der Waals surface area contributed by atoms with Crippen molar-refractivity contribution in [1.82, 2.24) is 15.8 Å². The molecule has 7 heteroatoms. The summed E-state index contributed by atoms with van der Waals surface area (Å²) in [6.45, 7) is 1.64. The Morgan fingerprint density at radius 1 is 1.60 bits per heavy atom. The monoisotopic (exact) mass is 210 g/mol. The highest BCUT2D eigenvalue weighted by molar-refractivity contribution is 6.07. The SMILES string of the molecule is Cc1cnoc1[C@@]1(CN)NC(=O)NC1=O. The molecule has 3 amide bonds. The molecular formula is C8H10N4O3. The summed E-state index contributed by atoms with van der Waals surface area (Å²) in [5, 5.41) is 8.13. The number of aromatic nitrogens is 1. The Bertz CT molecular complexity index is 427. The molecule has 7 nitrogen and oxygen atoms in total. The maximum Gasteiger partial charge on any atom is 0.322 e. The zero-order valence-corrected chi connectivity index (χ0v) is 8.03. The maximum atomic E-state index is 11.6. The van der Waals surface area contributed by atoms with Gasteiger partial charge in [-0.2, -0.15) is 0 Å². The van der Waals surface area contributed by atoms with Crippen molar-refractivity contribution in [3.05, 3.63) is 17.5 Å². The number of urea groups is 1. The first-order valence-corrected chi connectivity index (χ1v) is 4.35. The maximum absolute atomic E-state index is 11.6. The van der Waals surface area contributed by atoms with Crippen LogP contribution in [0.3, 0.4) is 0 Å². The van der Waals surface area contributed by atoms with Gasteiger partial charge in [-0.1, -0.05) is 5.16 Å². The molecule has 0 radical (unpaired) electrons. The molecule has 1 saturated heterocycles. The highest BCUT2D eigenvalue weighted by Crippen LogP contribution is 2.26. The lowest BCUT2D eigenvalue weighted by atomic mass is 9.94. The number of nitrogens with two attached hydrogens (primary N) is 1. The zero-order valence-electron chi connectivity index (χ0n) is 8.03. The van der Waals surface area contributed by atoms with Gasteiger partial charge in [-0.3, -0.25) is 10.1 Å². The lowest BCUT2D eigenvalue weighted by Crippen LogP contribution is -2.50. The lowest BCUT2D eigenvalue weighted by molar-refractivity contribution is -0.124. The van der Waals surface area contributed by atoms with Gasteiger partial charge in [0.15, 0.2) is 11.3 Å². The molecule has 1 aromatic heterocycles. The first-order valence-electron chi connectivity index (χ1n) is 4.35. The van der Waals surface area contributed by atoms with Crippen molar-refractivity contribution < 1.29 is 14.1 Å². The molecule has 0 spiro atoms. The summed E-state index contributed by atoms with van der Waals surface area (Å²) in [4.78, 5) is 22.7. The lowest BCUT2D eigenvalue weighted by Gasteiger charge is -2.21. The number of carbonyl (C=O) groups excluding carboxylic acids is 2. The minimum absolute atomic E-state index is 0.0827.